The van der Waals surface area contributed by atoms with Gasteiger partial charge in [-0.1, -0.05) is 29.8 Å². The molecular weight excluding hydrogens is 446 g/mol. The predicted octanol–water partition coefficient (Wildman–Crippen LogP) is 3.48. The molecule has 2 aliphatic heterocycles. The Bertz CT molecular complexity index is 1180. The van der Waals surface area contributed by atoms with Crippen LogP contribution in [0.3, 0.4) is 0 Å². The molecule has 9 heteroatoms. The average molecular weight is 470 g/mol. The molecule has 0 spiro atoms. The number of hydrogen-bond donors (Lipinski definition) is 0. The first-order chi connectivity index (χ1) is 15.6. The number of fused-ring (bicyclic) bond motifs is 3. The van der Waals surface area contributed by atoms with E-state index >= 15 is 0 Å². The number of aromatic nitrogens is 3. The fraction of sp³-hybridized carbons (Fsp3) is 0.391. The van der Waals surface area contributed by atoms with Crippen molar-refractivity contribution in [1.29, 1.82) is 0 Å². The summed E-state index contributed by atoms with van der Waals surface area (Å²) in [7, 11) is 0. The number of hydrogen-bond acceptors (Lipinski definition) is 6. The Morgan fingerprint density at radius 2 is 2.00 bits per heavy atom. The number of aliphatic imine (C=N–C) groups is 1. The van der Waals surface area contributed by atoms with E-state index in [1.807, 2.05) is 36.1 Å². The number of carbonyl (C=O) groups is 1. The van der Waals surface area contributed by atoms with Crippen molar-refractivity contribution in [3.8, 4) is 5.00 Å². The molecule has 0 N–H and O–H groups in total. The molecule has 2 aromatic heterocycles. The molecule has 4 heterocycles. The summed E-state index contributed by atoms with van der Waals surface area (Å²) < 4.78 is 7.49. The van der Waals surface area contributed by atoms with Gasteiger partial charge < -0.3 is 9.64 Å². The first kappa shape index (κ1) is 21.3. The molecule has 0 aliphatic carbocycles. The summed E-state index contributed by atoms with van der Waals surface area (Å²) in [6, 6.07) is 9.96. The fourth-order valence-corrected chi connectivity index (χ4v) is 5.61. The van der Waals surface area contributed by atoms with E-state index in [0.29, 0.717) is 57.1 Å². The van der Waals surface area contributed by atoms with E-state index in [1.165, 1.54) is 0 Å². The van der Waals surface area contributed by atoms with Crippen LogP contribution in [-0.4, -0.2) is 64.1 Å². The molecule has 166 valence electrons. The van der Waals surface area contributed by atoms with Gasteiger partial charge in [0.2, 0.25) is 5.91 Å². The lowest BCUT2D eigenvalue weighted by atomic mass is 10.0. The molecule has 0 saturated carbocycles. The van der Waals surface area contributed by atoms with Crippen molar-refractivity contribution in [3.63, 3.8) is 0 Å². The maximum atomic E-state index is 12.7. The second kappa shape index (κ2) is 9.13. The Morgan fingerprint density at radius 1 is 1.19 bits per heavy atom. The van der Waals surface area contributed by atoms with Crippen LogP contribution < -0.4 is 0 Å². The van der Waals surface area contributed by atoms with Crippen LogP contribution in [-0.2, 0) is 22.4 Å². The van der Waals surface area contributed by atoms with Crippen LogP contribution in [0.25, 0.3) is 5.00 Å². The molecule has 7 nitrogen and oxygen atoms in total. The van der Waals surface area contributed by atoms with Gasteiger partial charge in [0.25, 0.3) is 0 Å². The highest BCUT2D eigenvalue weighted by Gasteiger charge is 2.25. The van der Waals surface area contributed by atoms with Crippen LogP contribution in [0.5, 0.6) is 0 Å². The third-order valence-corrected chi connectivity index (χ3v) is 7.31. The van der Waals surface area contributed by atoms with Gasteiger partial charge in [0.15, 0.2) is 0 Å². The van der Waals surface area contributed by atoms with Gasteiger partial charge in [0.1, 0.15) is 16.6 Å². The van der Waals surface area contributed by atoms with Crippen LogP contribution in [0.1, 0.15) is 34.1 Å². The van der Waals surface area contributed by atoms with Gasteiger partial charge in [-0.05, 0) is 25.5 Å². The molecule has 0 bridgehead atoms. The average Bonchev–Trinajstić information content (AvgIpc) is 3.37. The largest absolute Gasteiger partial charge is 0.378 e. The van der Waals surface area contributed by atoms with Crippen LogP contribution in [0.4, 0.5) is 0 Å². The Hall–Kier alpha value is -2.55. The highest BCUT2D eigenvalue weighted by molar-refractivity contribution is 7.15. The Morgan fingerprint density at radius 3 is 2.81 bits per heavy atom. The number of morpholine rings is 1. The van der Waals surface area contributed by atoms with Crippen molar-refractivity contribution >= 4 is 34.6 Å². The molecule has 3 aromatic rings. The third-order valence-electron chi connectivity index (χ3n) is 5.80. The summed E-state index contributed by atoms with van der Waals surface area (Å²) >= 11 is 8.23. The van der Waals surface area contributed by atoms with E-state index in [1.54, 1.807) is 11.3 Å². The van der Waals surface area contributed by atoms with Gasteiger partial charge >= 0.3 is 0 Å². The van der Waals surface area contributed by atoms with Crippen molar-refractivity contribution < 1.29 is 9.53 Å². The van der Waals surface area contributed by atoms with Crippen molar-refractivity contribution in [2.24, 2.45) is 4.99 Å². The number of rotatable bonds is 4. The zero-order valence-electron chi connectivity index (χ0n) is 17.9. The number of amides is 1. The van der Waals surface area contributed by atoms with Gasteiger partial charge in [-0.2, -0.15) is 0 Å². The van der Waals surface area contributed by atoms with Crippen LogP contribution in [0.15, 0.2) is 35.3 Å². The number of nitrogens with zero attached hydrogens (tertiary/aromatic N) is 5. The summed E-state index contributed by atoms with van der Waals surface area (Å²) in [4.78, 5) is 20.6. The molecule has 1 saturated heterocycles. The highest BCUT2D eigenvalue weighted by Crippen LogP contribution is 2.34. The molecule has 1 amide bonds. The molecule has 1 aromatic carbocycles. The number of carbonyl (C=O) groups excluding carboxylic acids is 1. The lowest BCUT2D eigenvalue weighted by Crippen LogP contribution is -2.40. The number of ether oxygens (including phenoxy) is 1. The monoisotopic (exact) mass is 469 g/mol. The minimum atomic E-state index is 0.176. The van der Waals surface area contributed by atoms with Crippen molar-refractivity contribution in [2.45, 2.75) is 26.2 Å². The lowest BCUT2D eigenvalue weighted by molar-refractivity contribution is -0.135. The SMILES string of the molecule is Cc1nnc2n1-c1sc(CCC(=O)N3CCOCC3)cc1C(c1ccccc1Cl)=NCC2. The second-order valence-corrected chi connectivity index (χ2v) is 9.41. The van der Waals surface area contributed by atoms with Crippen LogP contribution in [0, 0.1) is 6.92 Å². The van der Waals surface area contributed by atoms with Gasteiger partial charge in [-0.3, -0.25) is 14.4 Å². The molecule has 0 radical (unpaired) electrons. The minimum Gasteiger partial charge on any atom is -0.378 e. The molecule has 0 unspecified atom stereocenters. The minimum absolute atomic E-state index is 0.176. The van der Waals surface area contributed by atoms with Crippen molar-refractivity contribution in [1.82, 2.24) is 19.7 Å². The molecule has 2 aliphatic rings. The smallest absolute Gasteiger partial charge is 0.223 e. The topological polar surface area (TPSA) is 72.6 Å². The normalized spacial score (nSPS) is 16.1. The zero-order valence-corrected chi connectivity index (χ0v) is 19.5. The number of benzene rings is 1. The maximum absolute atomic E-state index is 12.7. The van der Waals surface area contributed by atoms with Gasteiger partial charge in [0, 0.05) is 53.5 Å². The predicted molar refractivity (Wildman–Crippen MR) is 125 cm³/mol. The Kier molecular flexibility index (Phi) is 6.08. The molecule has 5 rings (SSSR count). The zero-order chi connectivity index (χ0) is 22.1. The lowest BCUT2D eigenvalue weighted by Gasteiger charge is -2.26. The van der Waals surface area contributed by atoms with E-state index in [-0.39, 0.29) is 5.91 Å². The summed E-state index contributed by atoms with van der Waals surface area (Å²) in [6.07, 6.45) is 1.86. The Labute approximate surface area is 195 Å². The first-order valence-electron chi connectivity index (χ1n) is 10.8. The molecule has 32 heavy (non-hydrogen) atoms. The van der Waals surface area contributed by atoms with Gasteiger partial charge in [-0.15, -0.1) is 21.5 Å². The van der Waals surface area contributed by atoms with Crippen LogP contribution >= 0.6 is 22.9 Å². The number of halogens is 1. The third kappa shape index (κ3) is 4.10. The van der Waals surface area contributed by atoms with E-state index < -0.39 is 0 Å². The van der Waals surface area contributed by atoms with Gasteiger partial charge in [0.05, 0.1) is 18.9 Å². The molecular formula is C23H24ClN5O2S. The van der Waals surface area contributed by atoms with Crippen LogP contribution in [0.2, 0.25) is 5.02 Å². The van der Waals surface area contributed by atoms with E-state index in [4.69, 9.17) is 21.3 Å². The Balaban J connectivity index is 1.51. The first-order valence-corrected chi connectivity index (χ1v) is 12.0. The summed E-state index contributed by atoms with van der Waals surface area (Å²) in [5, 5.41) is 10.4. The summed E-state index contributed by atoms with van der Waals surface area (Å²) in [5.41, 5.74) is 2.81. The summed E-state index contributed by atoms with van der Waals surface area (Å²) in [6.45, 7) is 5.16. The quantitative estimate of drug-likeness (QED) is 0.586. The molecule has 0 atom stereocenters. The summed E-state index contributed by atoms with van der Waals surface area (Å²) in [5.74, 6) is 1.93. The van der Waals surface area contributed by atoms with Gasteiger partial charge in [-0.25, -0.2) is 0 Å². The standard InChI is InChI=1S/C23H24ClN5O2S/c1-15-26-27-20-8-9-25-22(17-4-2-3-5-19(17)24)18-14-16(32-23(18)29(15)20)6-7-21(30)28-10-12-31-13-11-28/h2-5,14H,6-13H2,1H3. The van der Waals surface area contributed by atoms with E-state index in [0.717, 1.165) is 38.4 Å². The van der Waals surface area contributed by atoms with E-state index in [2.05, 4.69) is 20.8 Å². The number of aryl methyl sites for hydroxylation is 2. The maximum Gasteiger partial charge on any atom is 0.223 e. The van der Waals surface area contributed by atoms with Crippen molar-refractivity contribution in [2.75, 3.05) is 32.8 Å². The highest BCUT2D eigenvalue weighted by atomic mass is 35.5. The fourth-order valence-electron chi connectivity index (χ4n) is 4.16. The second-order valence-electron chi connectivity index (χ2n) is 7.88. The van der Waals surface area contributed by atoms with Crippen molar-refractivity contribution in [3.05, 3.63) is 63.0 Å². The van der Waals surface area contributed by atoms with E-state index in [9.17, 15) is 4.79 Å². The number of thiophene rings is 1. The molecule has 1 fully saturated rings.